The topological polar surface area (TPSA) is 59.8 Å². The van der Waals surface area contributed by atoms with Gasteiger partial charge in [-0.2, -0.15) is 5.10 Å². The van der Waals surface area contributed by atoms with Gasteiger partial charge in [0.25, 0.3) is 5.91 Å². The maximum Gasteiger partial charge on any atom is 0.270 e. The third-order valence-corrected chi connectivity index (χ3v) is 4.45. The zero-order valence-electron chi connectivity index (χ0n) is 15.6. The predicted molar refractivity (Wildman–Crippen MR) is 102 cm³/mol. The van der Waals surface area contributed by atoms with E-state index in [1.807, 2.05) is 37.3 Å². The van der Waals surface area contributed by atoms with E-state index in [4.69, 9.17) is 0 Å². The fourth-order valence-corrected chi connectivity index (χ4v) is 2.86. The number of aryl methyl sites for hydroxylation is 2. The maximum atomic E-state index is 12.9. The van der Waals surface area contributed by atoms with Crippen LogP contribution < -0.4 is 5.32 Å². The molecule has 0 bridgehead atoms. The van der Waals surface area contributed by atoms with Gasteiger partial charge in [0.2, 0.25) is 0 Å². The molecule has 1 atom stereocenters. The largest absolute Gasteiger partial charge is 0.340 e. The van der Waals surface area contributed by atoms with E-state index in [9.17, 15) is 4.79 Å². The highest BCUT2D eigenvalue weighted by Crippen LogP contribution is 2.23. The van der Waals surface area contributed by atoms with E-state index in [2.05, 4.69) is 41.4 Å². The minimum atomic E-state index is -0.247. The Balaban J connectivity index is 1.93. The van der Waals surface area contributed by atoms with Gasteiger partial charge in [0.15, 0.2) is 0 Å². The van der Waals surface area contributed by atoms with Crippen molar-refractivity contribution < 1.29 is 4.79 Å². The molecule has 1 amide bonds. The Labute approximate surface area is 154 Å². The first kappa shape index (κ1) is 17.9. The predicted octanol–water partition coefficient (Wildman–Crippen LogP) is 3.77. The Hall–Kier alpha value is -2.95. The van der Waals surface area contributed by atoms with Gasteiger partial charge in [0.05, 0.1) is 11.7 Å². The number of aromatic nitrogens is 3. The van der Waals surface area contributed by atoms with Crippen LogP contribution in [0.4, 0.5) is 0 Å². The van der Waals surface area contributed by atoms with Crippen LogP contribution in [0.3, 0.4) is 0 Å². The maximum absolute atomic E-state index is 12.9. The van der Waals surface area contributed by atoms with E-state index < -0.39 is 0 Å². The van der Waals surface area contributed by atoms with Gasteiger partial charge in [0, 0.05) is 19.4 Å². The van der Waals surface area contributed by atoms with Crippen LogP contribution >= 0.6 is 0 Å². The molecular weight excluding hydrogens is 324 g/mol. The van der Waals surface area contributed by atoms with E-state index in [1.54, 1.807) is 24.1 Å². The zero-order chi connectivity index (χ0) is 18.7. The molecule has 5 heteroatoms. The minimum Gasteiger partial charge on any atom is -0.340 e. The van der Waals surface area contributed by atoms with Gasteiger partial charge >= 0.3 is 0 Å². The van der Waals surface area contributed by atoms with Crippen LogP contribution in [0.2, 0.25) is 0 Å². The lowest BCUT2D eigenvalue weighted by molar-refractivity contribution is 0.0933. The molecule has 0 radical (unpaired) electrons. The summed E-state index contributed by atoms with van der Waals surface area (Å²) in [6.07, 6.45) is 3.48. The molecule has 2 aromatic heterocycles. The van der Waals surface area contributed by atoms with Crippen molar-refractivity contribution >= 4 is 5.91 Å². The summed E-state index contributed by atoms with van der Waals surface area (Å²) < 4.78 is 1.64. The number of rotatable bonds is 5. The van der Waals surface area contributed by atoms with E-state index in [1.165, 1.54) is 5.56 Å². The lowest BCUT2D eigenvalue weighted by Crippen LogP contribution is -2.30. The molecule has 0 aliphatic rings. The van der Waals surface area contributed by atoms with Crippen LogP contribution in [0.25, 0.3) is 0 Å². The molecule has 0 spiro atoms. The minimum absolute atomic E-state index is 0.144. The highest BCUT2D eigenvalue weighted by atomic mass is 16.2. The van der Waals surface area contributed by atoms with Crippen molar-refractivity contribution in [1.29, 1.82) is 0 Å². The monoisotopic (exact) mass is 348 g/mol. The first-order chi connectivity index (χ1) is 12.5. The molecule has 1 aromatic carbocycles. The standard InChI is InChI=1S/C21H24N4O/c1-14(2)18-13-19(25(4)24-18)21(26)23-20(17-9-11-22-12-10-17)16-7-5-15(3)6-8-16/h5-14,20H,1-4H3,(H,23,26). The van der Waals surface area contributed by atoms with Gasteiger partial charge in [-0.1, -0.05) is 43.7 Å². The summed E-state index contributed by atoms with van der Waals surface area (Å²) in [6.45, 7) is 6.18. The highest BCUT2D eigenvalue weighted by molar-refractivity contribution is 5.93. The van der Waals surface area contributed by atoms with Gasteiger partial charge in [-0.05, 0) is 42.2 Å². The molecule has 0 saturated carbocycles. The number of nitrogens with zero attached hydrogens (tertiary/aromatic N) is 3. The van der Waals surface area contributed by atoms with Crippen LogP contribution in [0.15, 0.2) is 54.9 Å². The van der Waals surface area contributed by atoms with Crippen LogP contribution in [-0.2, 0) is 7.05 Å². The summed E-state index contributed by atoms with van der Waals surface area (Å²) in [6, 6.07) is 13.7. The van der Waals surface area contributed by atoms with Gasteiger partial charge < -0.3 is 5.32 Å². The molecule has 0 fully saturated rings. The number of nitrogens with one attached hydrogen (secondary N) is 1. The van der Waals surface area contributed by atoms with Crippen molar-refractivity contribution in [3.63, 3.8) is 0 Å². The third kappa shape index (κ3) is 3.82. The van der Waals surface area contributed by atoms with Gasteiger partial charge in [-0.25, -0.2) is 0 Å². The summed E-state index contributed by atoms with van der Waals surface area (Å²) in [5.41, 5.74) is 4.67. The Bertz CT molecular complexity index is 882. The second kappa shape index (κ2) is 7.52. The average molecular weight is 348 g/mol. The fourth-order valence-electron chi connectivity index (χ4n) is 2.86. The van der Waals surface area contributed by atoms with Crippen molar-refractivity contribution in [3.05, 3.63) is 82.9 Å². The number of carbonyl (C=O) groups excluding carboxylic acids is 1. The van der Waals surface area contributed by atoms with Crippen molar-refractivity contribution in [3.8, 4) is 0 Å². The lowest BCUT2D eigenvalue weighted by atomic mass is 9.98. The molecule has 3 rings (SSSR count). The number of hydrogen-bond donors (Lipinski definition) is 1. The van der Waals surface area contributed by atoms with E-state index >= 15 is 0 Å². The third-order valence-electron chi connectivity index (χ3n) is 4.45. The van der Waals surface area contributed by atoms with E-state index in [0.717, 1.165) is 16.8 Å². The first-order valence-electron chi connectivity index (χ1n) is 8.77. The molecule has 2 heterocycles. The number of benzene rings is 1. The Morgan fingerprint density at radius 2 is 1.65 bits per heavy atom. The fraction of sp³-hybridized carbons (Fsp3) is 0.286. The zero-order valence-corrected chi connectivity index (χ0v) is 15.6. The van der Waals surface area contributed by atoms with Crippen LogP contribution in [0.1, 0.15) is 58.7 Å². The molecular formula is C21H24N4O. The summed E-state index contributed by atoms with van der Waals surface area (Å²) in [5.74, 6) is 0.130. The van der Waals surface area contributed by atoms with Crippen LogP contribution in [0.5, 0.6) is 0 Å². The van der Waals surface area contributed by atoms with Gasteiger partial charge in [-0.15, -0.1) is 0 Å². The summed E-state index contributed by atoms with van der Waals surface area (Å²) in [7, 11) is 1.80. The van der Waals surface area contributed by atoms with E-state index in [0.29, 0.717) is 5.69 Å². The van der Waals surface area contributed by atoms with Crippen LogP contribution in [0, 0.1) is 6.92 Å². The molecule has 134 valence electrons. The van der Waals surface area contributed by atoms with Crippen molar-refractivity contribution in [2.75, 3.05) is 0 Å². The highest BCUT2D eigenvalue weighted by Gasteiger charge is 2.21. The second-order valence-corrected chi connectivity index (χ2v) is 6.83. The molecule has 5 nitrogen and oxygen atoms in total. The van der Waals surface area contributed by atoms with Gasteiger partial charge in [0.1, 0.15) is 5.69 Å². The normalized spacial score (nSPS) is 12.2. The first-order valence-corrected chi connectivity index (χ1v) is 8.77. The number of carbonyl (C=O) groups is 1. The van der Waals surface area contributed by atoms with Gasteiger partial charge in [-0.3, -0.25) is 14.5 Å². The Morgan fingerprint density at radius 1 is 1.04 bits per heavy atom. The summed E-state index contributed by atoms with van der Waals surface area (Å²) >= 11 is 0. The number of amides is 1. The molecule has 26 heavy (non-hydrogen) atoms. The molecule has 0 saturated heterocycles. The molecule has 1 unspecified atom stereocenters. The van der Waals surface area contributed by atoms with Crippen molar-refractivity contribution in [1.82, 2.24) is 20.1 Å². The van der Waals surface area contributed by atoms with Crippen LogP contribution in [-0.4, -0.2) is 20.7 Å². The quantitative estimate of drug-likeness (QED) is 0.763. The van der Waals surface area contributed by atoms with Crippen molar-refractivity contribution in [2.45, 2.75) is 32.7 Å². The lowest BCUT2D eigenvalue weighted by Gasteiger charge is -2.20. The molecule has 0 aliphatic heterocycles. The summed E-state index contributed by atoms with van der Waals surface area (Å²) in [4.78, 5) is 17.0. The molecule has 1 N–H and O–H groups in total. The SMILES string of the molecule is Cc1ccc(C(NC(=O)c2cc(C(C)C)nn2C)c2ccncc2)cc1. The van der Waals surface area contributed by atoms with E-state index in [-0.39, 0.29) is 17.9 Å². The molecule has 0 aliphatic carbocycles. The Morgan fingerprint density at radius 3 is 2.23 bits per heavy atom. The van der Waals surface area contributed by atoms with Crippen molar-refractivity contribution in [2.24, 2.45) is 7.05 Å². The number of hydrogen-bond acceptors (Lipinski definition) is 3. The Kier molecular flexibility index (Phi) is 5.16. The summed E-state index contributed by atoms with van der Waals surface area (Å²) in [5, 5.41) is 7.59. The average Bonchev–Trinajstić information content (AvgIpc) is 3.03. The molecule has 3 aromatic rings. The number of pyridine rings is 1. The smallest absolute Gasteiger partial charge is 0.270 e. The second-order valence-electron chi connectivity index (χ2n) is 6.83.